The number of ether oxygens (including phenoxy) is 7. The molecule has 13 nitrogen and oxygen atoms in total. The lowest BCUT2D eigenvalue weighted by molar-refractivity contribution is -0.121. The predicted molar refractivity (Wildman–Crippen MR) is 194 cm³/mol. The molecule has 4 rings (SSSR count). The number of aromatic nitrogens is 4. The van der Waals surface area contributed by atoms with E-state index in [1.807, 2.05) is 0 Å². The van der Waals surface area contributed by atoms with E-state index in [0.717, 1.165) is 24.2 Å². The SMILES string of the molecule is CCCCCCCOCCOCCCOCCOCCOc1c(F)c(F)c(OCC(=O)CCc2ccc(COc3nc(N)nc4nc[nH]c34)cc2)c(F)c1F. The number of nitrogens with one attached hydrogen (secondary N) is 1. The van der Waals surface area contributed by atoms with Crippen LogP contribution in [0.15, 0.2) is 30.6 Å². The Labute approximate surface area is 317 Å². The van der Waals surface area contributed by atoms with E-state index >= 15 is 0 Å². The molecular weight excluding hydrogens is 730 g/mol. The number of Topliss-reactive ketones (excluding diaryl/α,β-unsaturated/α-hetero) is 1. The van der Waals surface area contributed by atoms with Crippen molar-refractivity contribution in [1.29, 1.82) is 0 Å². The minimum Gasteiger partial charge on any atom is -0.485 e. The average molecular weight is 780 g/mol. The van der Waals surface area contributed by atoms with Crippen LogP contribution in [0.25, 0.3) is 11.2 Å². The highest BCUT2D eigenvalue weighted by Crippen LogP contribution is 2.34. The molecule has 0 bridgehead atoms. The van der Waals surface area contributed by atoms with E-state index in [-0.39, 0.29) is 57.7 Å². The van der Waals surface area contributed by atoms with Gasteiger partial charge in [0.2, 0.25) is 35.1 Å². The molecular formula is C38H49F4N5O8. The molecule has 0 aliphatic carbocycles. The van der Waals surface area contributed by atoms with E-state index in [1.165, 1.54) is 32.0 Å². The van der Waals surface area contributed by atoms with Crippen LogP contribution in [0.5, 0.6) is 17.4 Å². The molecule has 0 aliphatic rings. The first-order valence-corrected chi connectivity index (χ1v) is 18.4. The molecule has 0 spiro atoms. The number of anilines is 1. The fourth-order valence-corrected chi connectivity index (χ4v) is 5.15. The summed E-state index contributed by atoms with van der Waals surface area (Å²) in [6.07, 6.45) is 8.36. The van der Waals surface area contributed by atoms with Crippen LogP contribution in [-0.2, 0) is 36.8 Å². The Bertz CT molecular complexity index is 1720. The lowest BCUT2D eigenvalue weighted by Crippen LogP contribution is -2.16. The second-order valence-corrected chi connectivity index (χ2v) is 12.4. The third kappa shape index (κ3) is 14.5. The Morgan fingerprint density at radius 1 is 0.673 bits per heavy atom. The van der Waals surface area contributed by atoms with Gasteiger partial charge < -0.3 is 43.9 Å². The second kappa shape index (κ2) is 24.0. The number of benzene rings is 2. The molecule has 55 heavy (non-hydrogen) atoms. The third-order valence-corrected chi connectivity index (χ3v) is 8.11. The number of nitrogens with two attached hydrogens (primary N) is 1. The summed E-state index contributed by atoms with van der Waals surface area (Å²) in [7, 11) is 0. The zero-order chi connectivity index (χ0) is 39.3. The van der Waals surface area contributed by atoms with Crippen molar-refractivity contribution in [3.05, 3.63) is 65.0 Å². The summed E-state index contributed by atoms with van der Waals surface area (Å²) >= 11 is 0. The number of hydrogen-bond acceptors (Lipinski definition) is 12. The number of nitrogen functional groups attached to an aromatic ring is 1. The molecule has 0 radical (unpaired) electrons. The normalized spacial score (nSPS) is 11.4. The van der Waals surface area contributed by atoms with Gasteiger partial charge in [-0.15, -0.1) is 0 Å². The number of hydrogen-bond donors (Lipinski definition) is 2. The van der Waals surface area contributed by atoms with Crippen LogP contribution < -0.4 is 19.9 Å². The lowest BCUT2D eigenvalue weighted by Gasteiger charge is -2.14. The van der Waals surface area contributed by atoms with Gasteiger partial charge in [-0.25, -0.2) is 4.98 Å². The van der Waals surface area contributed by atoms with E-state index in [0.29, 0.717) is 44.0 Å². The van der Waals surface area contributed by atoms with Gasteiger partial charge in [0.15, 0.2) is 22.9 Å². The maximum absolute atomic E-state index is 14.6. The van der Waals surface area contributed by atoms with Gasteiger partial charge >= 0.3 is 0 Å². The van der Waals surface area contributed by atoms with Gasteiger partial charge in [-0.1, -0.05) is 56.9 Å². The van der Waals surface area contributed by atoms with Crippen LogP contribution in [0.4, 0.5) is 23.5 Å². The number of rotatable bonds is 29. The Morgan fingerprint density at radius 3 is 1.89 bits per heavy atom. The number of fused-ring (bicyclic) bond motifs is 1. The number of ketones is 1. The number of nitrogens with zero attached hydrogens (tertiary/aromatic N) is 3. The fourth-order valence-electron chi connectivity index (χ4n) is 5.15. The van der Waals surface area contributed by atoms with Crippen LogP contribution in [-0.4, -0.2) is 91.8 Å². The van der Waals surface area contributed by atoms with Crippen LogP contribution in [0.2, 0.25) is 0 Å². The van der Waals surface area contributed by atoms with Gasteiger partial charge in [-0.05, 0) is 30.4 Å². The highest BCUT2D eigenvalue weighted by molar-refractivity contribution is 5.80. The molecule has 0 saturated heterocycles. The molecule has 0 saturated carbocycles. The number of halogens is 4. The molecule has 0 aliphatic heterocycles. The summed E-state index contributed by atoms with van der Waals surface area (Å²) in [4.78, 5) is 27.4. The first kappa shape index (κ1) is 43.2. The van der Waals surface area contributed by atoms with E-state index in [9.17, 15) is 22.4 Å². The Kier molecular flexibility index (Phi) is 18.9. The molecule has 0 atom stereocenters. The van der Waals surface area contributed by atoms with E-state index in [2.05, 4.69) is 26.9 Å². The smallest absolute Gasteiger partial charge is 0.245 e. The summed E-state index contributed by atoms with van der Waals surface area (Å²) in [6.45, 7) is 4.31. The van der Waals surface area contributed by atoms with Crippen LogP contribution in [0.3, 0.4) is 0 Å². The summed E-state index contributed by atoms with van der Waals surface area (Å²) in [5, 5.41) is 0. The number of aryl methyl sites for hydroxylation is 1. The van der Waals surface area contributed by atoms with Gasteiger partial charge in [0.05, 0.1) is 39.4 Å². The monoisotopic (exact) mass is 779 g/mol. The Hall–Kier alpha value is -4.58. The van der Waals surface area contributed by atoms with Gasteiger partial charge in [0.25, 0.3) is 0 Å². The van der Waals surface area contributed by atoms with Crippen LogP contribution in [0, 0.1) is 23.3 Å². The number of aromatic amines is 1. The van der Waals surface area contributed by atoms with Gasteiger partial charge in [-0.2, -0.15) is 27.5 Å². The summed E-state index contributed by atoms with van der Waals surface area (Å²) in [6, 6.07) is 7.14. The standard InChI is InChI=1S/C38H49F4N5O8/c1-2-3-4-5-6-14-49-17-18-50-15-7-16-51-19-20-52-21-22-53-34-29(39)31(41)35(32(42)30(34)40)54-24-28(48)13-12-26-8-10-27(11-9-26)23-55-37-33-36(45-25-44-33)46-38(43)47-37/h8-11,25H,2-7,12-24H2,1H3,(H3,43,44,45,46,47). The second-order valence-electron chi connectivity index (χ2n) is 12.4. The fraction of sp³-hybridized carbons (Fsp3) is 0.526. The lowest BCUT2D eigenvalue weighted by atomic mass is 10.1. The summed E-state index contributed by atoms with van der Waals surface area (Å²) in [5.74, 6) is -10.1. The van der Waals surface area contributed by atoms with Crippen molar-refractivity contribution in [2.45, 2.75) is 64.9 Å². The number of carbonyl (C=O) groups is 1. The minimum absolute atomic E-state index is 0.0222. The molecule has 2 heterocycles. The molecule has 4 aromatic rings. The molecule has 3 N–H and O–H groups in total. The van der Waals surface area contributed by atoms with Crippen LogP contribution in [0.1, 0.15) is 63.0 Å². The van der Waals surface area contributed by atoms with Crippen molar-refractivity contribution in [1.82, 2.24) is 19.9 Å². The van der Waals surface area contributed by atoms with Gasteiger partial charge in [0, 0.05) is 26.2 Å². The van der Waals surface area contributed by atoms with E-state index in [1.54, 1.807) is 24.3 Å². The molecule has 302 valence electrons. The third-order valence-electron chi connectivity index (χ3n) is 8.11. The quantitative estimate of drug-likeness (QED) is 0.0352. The van der Waals surface area contributed by atoms with Crippen molar-refractivity contribution in [3.8, 4) is 17.4 Å². The zero-order valence-electron chi connectivity index (χ0n) is 31.0. The van der Waals surface area contributed by atoms with E-state index < -0.39 is 47.2 Å². The van der Waals surface area contributed by atoms with Crippen molar-refractivity contribution >= 4 is 22.9 Å². The number of carbonyl (C=O) groups excluding carboxylic acids is 1. The number of imidazole rings is 1. The molecule has 17 heteroatoms. The first-order valence-electron chi connectivity index (χ1n) is 18.4. The predicted octanol–water partition coefficient (Wildman–Crippen LogP) is 6.46. The topological polar surface area (TPSA) is 162 Å². The molecule has 0 fully saturated rings. The summed E-state index contributed by atoms with van der Waals surface area (Å²) in [5.41, 5.74) is 8.17. The molecule has 2 aromatic heterocycles. The zero-order valence-corrected chi connectivity index (χ0v) is 31.0. The Balaban J connectivity index is 1.06. The van der Waals surface area contributed by atoms with E-state index in [4.69, 9.17) is 38.9 Å². The molecule has 0 amide bonds. The largest absolute Gasteiger partial charge is 0.485 e. The Morgan fingerprint density at radius 2 is 1.24 bits per heavy atom. The van der Waals surface area contributed by atoms with Crippen molar-refractivity contribution in [3.63, 3.8) is 0 Å². The molecule has 2 aromatic carbocycles. The highest BCUT2D eigenvalue weighted by atomic mass is 19.2. The molecule has 0 unspecified atom stereocenters. The maximum atomic E-state index is 14.6. The first-order chi connectivity index (χ1) is 26.8. The van der Waals surface area contributed by atoms with Crippen molar-refractivity contribution in [2.24, 2.45) is 0 Å². The van der Waals surface area contributed by atoms with Crippen molar-refractivity contribution < 1.29 is 55.5 Å². The maximum Gasteiger partial charge on any atom is 0.245 e. The average Bonchev–Trinajstić information content (AvgIpc) is 3.66. The minimum atomic E-state index is -1.82. The highest BCUT2D eigenvalue weighted by Gasteiger charge is 2.28. The number of unbranched alkanes of at least 4 members (excludes halogenated alkanes) is 4. The van der Waals surface area contributed by atoms with Gasteiger partial charge in [0.1, 0.15) is 25.3 Å². The van der Waals surface area contributed by atoms with Crippen molar-refractivity contribution in [2.75, 3.05) is 71.8 Å². The number of H-pyrrole nitrogens is 1. The van der Waals surface area contributed by atoms with Crippen LogP contribution >= 0.6 is 0 Å². The summed E-state index contributed by atoms with van der Waals surface area (Å²) < 4.78 is 95.8. The van der Waals surface area contributed by atoms with Gasteiger partial charge in [-0.3, -0.25) is 4.79 Å².